The van der Waals surface area contributed by atoms with Crippen molar-refractivity contribution in [2.24, 2.45) is 0 Å². The van der Waals surface area contributed by atoms with Gasteiger partial charge in [0.15, 0.2) is 0 Å². The van der Waals surface area contributed by atoms with Crippen LogP contribution in [0.2, 0.25) is 0 Å². The number of methoxy groups -OCH3 is 1. The molecule has 0 saturated carbocycles. The summed E-state index contributed by atoms with van der Waals surface area (Å²) >= 11 is 0. The van der Waals surface area contributed by atoms with Crippen LogP contribution < -0.4 is 4.74 Å². The summed E-state index contributed by atoms with van der Waals surface area (Å²) in [5, 5.41) is 9.08. The fourth-order valence-electron chi connectivity index (χ4n) is 1.06. The van der Waals surface area contributed by atoms with Crippen molar-refractivity contribution in [3.05, 3.63) is 29.3 Å². The van der Waals surface area contributed by atoms with Gasteiger partial charge in [0.2, 0.25) is 0 Å². The second kappa shape index (κ2) is 5.17. The highest BCUT2D eigenvalue weighted by molar-refractivity contribution is 5.90. The highest BCUT2D eigenvalue weighted by Gasteiger charge is 2.11. The first kappa shape index (κ1) is 5.35. The van der Waals surface area contributed by atoms with Gasteiger partial charge in [-0.3, -0.25) is 0 Å². The first-order chi connectivity index (χ1) is 10.4. The molecule has 0 bridgehead atoms. The normalized spacial score (nSPS) is 18.4. The Morgan fingerprint density at radius 2 is 2.38 bits per heavy atom. The van der Waals surface area contributed by atoms with Gasteiger partial charge in [0.25, 0.3) is 0 Å². The fourth-order valence-corrected chi connectivity index (χ4v) is 1.06. The van der Waals surface area contributed by atoms with E-state index in [9.17, 15) is 4.79 Å². The zero-order valence-electron chi connectivity index (χ0n) is 15.4. The van der Waals surface area contributed by atoms with Crippen LogP contribution in [-0.2, 0) is 4.74 Å². The minimum Gasteiger partial charge on any atom is -0.490 e. The average Bonchev–Trinajstić information content (AvgIpc) is 2.44. The molecule has 4 heteroatoms. The minimum atomic E-state index is -3.30. The first-order valence-corrected chi connectivity index (χ1v) is 4.19. The van der Waals surface area contributed by atoms with E-state index in [0.717, 1.165) is 19.2 Å². The molecule has 0 atom stereocenters. The van der Waals surface area contributed by atoms with Crippen molar-refractivity contribution >= 4 is 5.97 Å². The SMILES string of the molecule is [2H]C([2H])([2H])C([2H])(Oc1ccc(C(=O)OC)cc1C#N)C([2H])([2H])[2H]. The van der Waals surface area contributed by atoms with Crippen molar-refractivity contribution in [2.75, 3.05) is 7.11 Å². The average molecular weight is 226 g/mol. The minimum absolute atomic E-state index is 0.00486. The Morgan fingerprint density at radius 3 is 2.94 bits per heavy atom. The summed E-state index contributed by atoms with van der Waals surface area (Å²) in [7, 11) is 1.14. The Kier molecular flexibility index (Phi) is 1.73. The number of rotatable bonds is 3. The largest absolute Gasteiger partial charge is 0.490 e. The summed E-state index contributed by atoms with van der Waals surface area (Å²) in [5.74, 6) is -1.17. The number of esters is 1. The summed E-state index contributed by atoms with van der Waals surface area (Å²) in [5.41, 5.74) is -0.298. The van der Waals surface area contributed by atoms with Gasteiger partial charge in [0.05, 0.1) is 25.7 Å². The smallest absolute Gasteiger partial charge is 0.337 e. The molecule has 0 amide bonds. The molecule has 0 unspecified atom stereocenters. The number of ether oxygens (including phenoxy) is 2. The highest BCUT2D eigenvalue weighted by atomic mass is 16.5. The van der Waals surface area contributed by atoms with Crippen molar-refractivity contribution in [1.82, 2.24) is 0 Å². The molecule has 1 aromatic carbocycles. The van der Waals surface area contributed by atoms with Gasteiger partial charge in [0.1, 0.15) is 11.8 Å². The van der Waals surface area contributed by atoms with Gasteiger partial charge in [0, 0.05) is 8.22 Å². The molecule has 0 radical (unpaired) electrons. The first-order valence-electron chi connectivity index (χ1n) is 7.69. The van der Waals surface area contributed by atoms with Crippen LogP contribution in [0.5, 0.6) is 5.75 Å². The van der Waals surface area contributed by atoms with Crippen LogP contribution in [0.25, 0.3) is 0 Å². The Labute approximate surface area is 104 Å². The third-order valence-corrected chi connectivity index (χ3v) is 1.73. The molecule has 0 heterocycles. The number of nitriles is 1. The number of carbonyl (C=O) groups excluding carboxylic acids is 1. The van der Waals surface area contributed by atoms with Crippen molar-refractivity contribution < 1.29 is 23.9 Å². The number of benzene rings is 1. The van der Waals surface area contributed by atoms with E-state index in [2.05, 4.69) is 4.74 Å². The Hall–Kier alpha value is -2.02. The van der Waals surface area contributed by atoms with Crippen LogP contribution in [0.1, 0.15) is 39.2 Å². The van der Waals surface area contributed by atoms with Gasteiger partial charge >= 0.3 is 5.97 Å². The maximum absolute atomic E-state index is 11.4. The Bertz CT molecular complexity index is 632. The summed E-state index contributed by atoms with van der Waals surface area (Å²) in [6.45, 7) is -6.60. The molecule has 0 aliphatic rings. The summed E-state index contributed by atoms with van der Waals surface area (Å²) < 4.78 is 60.7. The van der Waals surface area contributed by atoms with Crippen molar-refractivity contribution in [1.29, 1.82) is 5.26 Å². The highest BCUT2D eigenvalue weighted by Crippen LogP contribution is 2.20. The zero-order chi connectivity index (χ0) is 18.1. The number of hydrogen-bond donors (Lipinski definition) is 0. The van der Waals surface area contributed by atoms with E-state index < -0.39 is 31.5 Å². The predicted molar refractivity (Wildman–Crippen MR) is 58.3 cm³/mol. The predicted octanol–water partition coefficient (Wildman–Crippen LogP) is 2.13. The number of hydrogen-bond acceptors (Lipinski definition) is 4. The molecule has 0 aliphatic heterocycles. The second-order valence-corrected chi connectivity index (χ2v) is 2.75. The molecule has 1 aromatic rings. The molecule has 0 aliphatic carbocycles. The van der Waals surface area contributed by atoms with E-state index >= 15 is 0 Å². The van der Waals surface area contributed by atoms with Gasteiger partial charge in [-0.2, -0.15) is 5.26 Å². The van der Waals surface area contributed by atoms with Crippen LogP contribution >= 0.6 is 0 Å². The maximum Gasteiger partial charge on any atom is 0.337 e. The topological polar surface area (TPSA) is 59.3 Å². The summed E-state index contributed by atoms with van der Waals surface area (Å²) in [6, 6.07) is 4.93. The molecule has 0 fully saturated rings. The molecule has 16 heavy (non-hydrogen) atoms. The lowest BCUT2D eigenvalue weighted by atomic mass is 10.1. The molecule has 0 N–H and O–H groups in total. The second-order valence-electron chi connectivity index (χ2n) is 2.75. The van der Waals surface area contributed by atoms with Gasteiger partial charge < -0.3 is 9.47 Å². The molecular formula is C12H13NO3. The lowest BCUT2D eigenvalue weighted by Crippen LogP contribution is -2.08. The zero-order valence-corrected chi connectivity index (χ0v) is 8.40. The fraction of sp³-hybridized carbons (Fsp3) is 0.333. The molecule has 1 rings (SSSR count). The monoisotopic (exact) mass is 226 g/mol. The molecule has 0 saturated heterocycles. The Balaban J connectivity index is 3.37. The van der Waals surface area contributed by atoms with Gasteiger partial charge in [-0.25, -0.2) is 4.79 Å². The molecular weight excluding hydrogens is 206 g/mol. The summed E-state index contributed by atoms with van der Waals surface area (Å²) in [4.78, 5) is 11.4. The van der Waals surface area contributed by atoms with Gasteiger partial charge in [-0.1, -0.05) is 0 Å². The van der Waals surface area contributed by atoms with E-state index in [1.807, 2.05) is 0 Å². The molecule has 4 nitrogen and oxygen atoms in total. The van der Waals surface area contributed by atoms with E-state index in [1.54, 1.807) is 6.07 Å². The van der Waals surface area contributed by atoms with E-state index in [1.165, 1.54) is 6.07 Å². The van der Waals surface area contributed by atoms with E-state index in [-0.39, 0.29) is 11.1 Å². The number of nitrogens with zero attached hydrogens (tertiary/aromatic N) is 1. The molecule has 0 spiro atoms. The molecule has 0 aromatic heterocycles. The van der Waals surface area contributed by atoms with Gasteiger partial charge in [-0.15, -0.1) is 0 Å². The van der Waals surface area contributed by atoms with Gasteiger partial charge in [-0.05, 0) is 31.9 Å². The van der Waals surface area contributed by atoms with Crippen LogP contribution in [0.15, 0.2) is 18.2 Å². The van der Waals surface area contributed by atoms with Crippen LogP contribution in [0.4, 0.5) is 0 Å². The lowest BCUT2D eigenvalue weighted by Gasteiger charge is -2.11. The van der Waals surface area contributed by atoms with Crippen molar-refractivity contribution in [3.63, 3.8) is 0 Å². The van der Waals surface area contributed by atoms with E-state index in [0.29, 0.717) is 0 Å². The molecule has 84 valence electrons. The van der Waals surface area contributed by atoms with Crippen LogP contribution in [-0.4, -0.2) is 19.2 Å². The van der Waals surface area contributed by atoms with Crippen LogP contribution in [0, 0.1) is 11.3 Å². The van der Waals surface area contributed by atoms with Crippen molar-refractivity contribution in [2.45, 2.75) is 19.8 Å². The lowest BCUT2D eigenvalue weighted by molar-refractivity contribution is 0.0600. The van der Waals surface area contributed by atoms with Crippen molar-refractivity contribution in [3.8, 4) is 11.8 Å². The number of carbonyl (C=O) groups is 1. The van der Waals surface area contributed by atoms with E-state index in [4.69, 9.17) is 19.6 Å². The standard InChI is InChI=1S/C12H13NO3/c1-8(2)16-11-5-4-9(12(14)15-3)6-10(11)7-13/h4-6,8H,1-3H3/i1D3,2D3,8D. The maximum atomic E-state index is 11.4. The third-order valence-electron chi connectivity index (χ3n) is 1.73. The summed E-state index contributed by atoms with van der Waals surface area (Å²) in [6.07, 6.45) is -3.27. The van der Waals surface area contributed by atoms with Crippen LogP contribution in [0.3, 0.4) is 0 Å². The quantitative estimate of drug-likeness (QED) is 0.741. The Morgan fingerprint density at radius 1 is 1.62 bits per heavy atom. The third kappa shape index (κ3) is 2.74.